The first-order valence-electron chi connectivity index (χ1n) is 8.26. The summed E-state index contributed by atoms with van der Waals surface area (Å²) in [5, 5.41) is 3.96. The van der Waals surface area contributed by atoms with E-state index >= 15 is 0 Å². The highest BCUT2D eigenvalue weighted by Gasteiger charge is 2.35. The molecule has 3 N–H and O–H groups in total. The van der Waals surface area contributed by atoms with Gasteiger partial charge in [-0.05, 0) is 64.8 Å². The third-order valence-electron chi connectivity index (χ3n) is 5.30. The Balaban J connectivity index is 1.94. The smallest absolute Gasteiger partial charge is 0.0319 e. The summed E-state index contributed by atoms with van der Waals surface area (Å²) in [4.78, 5) is 2.61. The van der Waals surface area contributed by atoms with Gasteiger partial charge in [0.1, 0.15) is 0 Å². The van der Waals surface area contributed by atoms with Gasteiger partial charge in [0.25, 0.3) is 0 Å². The zero-order valence-corrected chi connectivity index (χ0v) is 13.1. The minimum Gasteiger partial charge on any atom is -0.329 e. The lowest BCUT2D eigenvalue weighted by atomic mass is 9.89. The van der Waals surface area contributed by atoms with E-state index in [1.165, 1.54) is 51.6 Å². The summed E-state index contributed by atoms with van der Waals surface area (Å²) in [7, 11) is 0. The van der Waals surface area contributed by atoms with E-state index in [1.807, 2.05) is 0 Å². The Kier molecular flexibility index (Phi) is 5.27. The average molecular weight is 267 g/mol. The minimum atomic E-state index is 0.207. The summed E-state index contributed by atoms with van der Waals surface area (Å²) in [6, 6.07) is 1.38. The summed E-state index contributed by atoms with van der Waals surface area (Å²) in [5.74, 6) is 0.894. The van der Waals surface area contributed by atoms with Gasteiger partial charge in [-0.25, -0.2) is 0 Å². The lowest BCUT2D eigenvalue weighted by Gasteiger charge is -2.36. The van der Waals surface area contributed by atoms with E-state index in [4.69, 9.17) is 5.73 Å². The molecule has 0 aromatic heterocycles. The van der Waals surface area contributed by atoms with Crippen molar-refractivity contribution in [3.8, 4) is 0 Å². The van der Waals surface area contributed by atoms with Crippen LogP contribution in [0.4, 0.5) is 0 Å². The van der Waals surface area contributed by atoms with Gasteiger partial charge in [0.2, 0.25) is 0 Å². The maximum Gasteiger partial charge on any atom is 0.0319 e. The van der Waals surface area contributed by atoms with Gasteiger partial charge in [-0.15, -0.1) is 0 Å². The zero-order valence-electron chi connectivity index (χ0n) is 13.1. The van der Waals surface area contributed by atoms with Crippen LogP contribution in [0, 0.1) is 5.92 Å². The quantitative estimate of drug-likeness (QED) is 0.821. The van der Waals surface area contributed by atoms with Crippen molar-refractivity contribution < 1.29 is 0 Å². The maximum atomic E-state index is 6.16. The molecule has 112 valence electrons. The highest BCUT2D eigenvalue weighted by atomic mass is 15.2. The van der Waals surface area contributed by atoms with Crippen LogP contribution in [0.3, 0.4) is 0 Å². The number of nitrogens with zero attached hydrogens (tertiary/aromatic N) is 1. The fourth-order valence-corrected chi connectivity index (χ4v) is 3.91. The second-order valence-electron chi connectivity index (χ2n) is 7.23. The molecule has 2 fully saturated rings. The zero-order chi connectivity index (χ0) is 13.9. The van der Waals surface area contributed by atoms with Gasteiger partial charge < -0.3 is 16.0 Å². The lowest BCUT2D eigenvalue weighted by Crippen LogP contribution is -2.55. The Morgan fingerprint density at radius 2 is 2.05 bits per heavy atom. The van der Waals surface area contributed by atoms with Gasteiger partial charge in [-0.3, -0.25) is 0 Å². The van der Waals surface area contributed by atoms with Crippen molar-refractivity contribution in [1.29, 1.82) is 0 Å². The molecular weight excluding hydrogens is 234 g/mol. The van der Waals surface area contributed by atoms with Crippen LogP contribution in [0.5, 0.6) is 0 Å². The summed E-state index contributed by atoms with van der Waals surface area (Å²) in [6.45, 7) is 10.2. The van der Waals surface area contributed by atoms with Gasteiger partial charge >= 0.3 is 0 Å². The molecule has 1 aliphatic heterocycles. The standard InChI is InChI=1S/C16H33N3/c1-13(2)19-9-4-7-16(12-17,8-10-19)18-15-6-5-14(3)11-15/h13-15,18H,4-12,17H2,1-3H3. The van der Waals surface area contributed by atoms with Gasteiger partial charge in [-0.2, -0.15) is 0 Å². The van der Waals surface area contributed by atoms with Crippen molar-refractivity contribution in [3.63, 3.8) is 0 Å². The predicted molar refractivity (Wildman–Crippen MR) is 82.3 cm³/mol. The first-order chi connectivity index (χ1) is 9.04. The van der Waals surface area contributed by atoms with Crippen molar-refractivity contribution >= 4 is 0 Å². The maximum absolute atomic E-state index is 6.16. The second-order valence-corrected chi connectivity index (χ2v) is 7.23. The molecule has 3 unspecified atom stereocenters. The summed E-state index contributed by atoms with van der Waals surface area (Å²) in [5.41, 5.74) is 6.37. The first-order valence-corrected chi connectivity index (χ1v) is 8.26. The highest BCUT2D eigenvalue weighted by Crippen LogP contribution is 2.29. The molecule has 1 saturated carbocycles. The second kappa shape index (κ2) is 6.55. The molecule has 0 aromatic rings. The molecule has 3 heteroatoms. The van der Waals surface area contributed by atoms with Crippen LogP contribution in [0.2, 0.25) is 0 Å². The fourth-order valence-electron chi connectivity index (χ4n) is 3.91. The molecule has 19 heavy (non-hydrogen) atoms. The molecule has 0 aromatic carbocycles. The van der Waals surface area contributed by atoms with Crippen molar-refractivity contribution in [3.05, 3.63) is 0 Å². The van der Waals surface area contributed by atoms with Gasteiger partial charge in [0, 0.05) is 30.7 Å². The van der Waals surface area contributed by atoms with Crippen molar-refractivity contribution in [2.75, 3.05) is 19.6 Å². The minimum absolute atomic E-state index is 0.207. The molecule has 0 radical (unpaired) electrons. The van der Waals surface area contributed by atoms with E-state index in [9.17, 15) is 0 Å². The van der Waals surface area contributed by atoms with Crippen molar-refractivity contribution in [2.45, 2.75) is 76.9 Å². The van der Waals surface area contributed by atoms with Gasteiger partial charge in [-0.1, -0.05) is 6.92 Å². The molecule has 0 amide bonds. The Morgan fingerprint density at radius 1 is 1.26 bits per heavy atom. The van der Waals surface area contributed by atoms with Crippen LogP contribution in [0.25, 0.3) is 0 Å². The first kappa shape index (κ1) is 15.3. The van der Waals surface area contributed by atoms with Gasteiger partial charge in [0.15, 0.2) is 0 Å². The van der Waals surface area contributed by atoms with Crippen molar-refractivity contribution in [2.24, 2.45) is 11.7 Å². The third kappa shape index (κ3) is 3.93. The molecule has 1 heterocycles. The van der Waals surface area contributed by atoms with E-state index < -0.39 is 0 Å². The van der Waals surface area contributed by atoms with E-state index in [-0.39, 0.29) is 5.54 Å². The topological polar surface area (TPSA) is 41.3 Å². The van der Waals surface area contributed by atoms with E-state index in [0.717, 1.165) is 12.5 Å². The number of likely N-dealkylation sites (tertiary alicyclic amines) is 1. The Hall–Kier alpha value is -0.120. The molecule has 2 aliphatic rings. The van der Waals surface area contributed by atoms with E-state index in [2.05, 4.69) is 31.0 Å². The molecule has 3 nitrogen and oxygen atoms in total. The summed E-state index contributed by atoms with van der Waals surface area (Å²) in [6.07, 6.45) is 7.82. The molecule has 0 spiro atoms. The Morgan fingerprint density at radius 3 is 2.63 bits per heavy atom. The number of nitrogens with one attached hydrogen (secondary N) is 1. The highest BCUT2D eigenvalue weighted by molar-refractivity contribution is 4.96. The number of rotatable bonds is 4. The molecule has 0 bridgehead atoms. The largest absolute Gasteiger partial charge is 0.329 e. The summed E-state index contributed by atoms with van der Waals surface area (Å²) < 4.78 is 0. The summed E-state index contributed by atoms with van der Waals surface area (Å²) >= 11 is 0. The fraction of sp³-hybridized carbons (Fsp3) is 1.00. The number of hydrogen-bond acceptors (Lipinski definition) is 3. The van der Waals surface area contributed by atoms with Crippen molar-refractivity contribution in [1.82, 2.24) is 10.2 Å². The van der Waals surface area contributed by atoms with E-state index in [0.29, 0.717) is 12.1 Å². The SMILES string of the molecule is CC1CCC(NC2(CN)CCCN(C(C)C)CC2)C1. The van der Waals surface area contributed by atoms with Crippen LogP contribution in [-0.4, -0.2) is 42.2 Å². The Labute approximate surface area is 119 Å². The van der Waals surface area contributed by atoms with Crippen LogP contribution < -0.4 is 11.1 Å². The van der Waals surface area contributed by atoms with Crippen LogP contribution in [0.1, 0.15) is 59.3 Å². The number of hydrogen-bond donors (Lipinski definition) is 2. The van der Waals surface area contributed by atoms with Gasteiger partial charge in [0.05, 0.1) is 0 Å². The Bertz CT molecular complexity index is 279. The third-order valence-corrected chi connectivity index (χ3v) is 5.30. The molecular formula is C16H33N3. The van der Waals surface area contributed by atoms with Crippen LogP contribution in [-0.2, 0) is 0 Å². The molecule has 1 aliphatic carbocycles. The number of nitrogens with two attached hydrogens (primary N) is 1. The lowest BCUT2D eigenvalue weighted by molar-refractivity contribution is 0.212. The predicted octanol–water partition coefficient (Wildman–Crippen LogP) is 2.36. The monoisotopic (exact) mass is 267 g/mol. The van der Waals surface area contributed by atoms with E-state index in [1.54, 1.807) is 0 Å². The molecule has 2 rings (SSSR count). The average Bonchev–Trinajstić information content (AvgIpc) is 2.65. The normalized spacial score (nSPS) is 37.7. The van der Waals surface area contributed by atoms with Crippen LogP contribution in [0.15, 0.2) is 0 Å². The molecule has 1 saturated heterocycles. The van der Waals surface area contributed by atoms with Crippen LogP contribution >= 0.6 is 0 Å². The molecule has 3 atom stereocenters.